The van der Waals surface area contributed by atoms with Gasteiger partial charge >= 0.3 is 0 Å². The molecule has 1 fully saturated rings. The molecule has 3 aromatic carbocycles. The number of carbonyl (C=O) groups excluding carboxylic acids is 2. The van der Waals surface area contributed by atoms with Crippen molar-refractivity contribution in [3.63, 3.8) is 0 Å². The Hall–Kier alpha value is -3.29. The predicted octanol–water partition coefficient (Wildman–Crippen LogP) is 6.79. The van der Waals surface area contributed by atoms with Crippen molar-refractivity contribution in [2.24, 2.45) is 0 Å². The second-order valence-electron chi connectivity index (χ2n) is 7.98. The Balaban J connectivity index is 1.44. The molecule has 0 bridgehead atoms. The van der Waals surface area contributed by atoms with Gasteiger partial charge in [-0.05, 0) is 67.1 Å². The SMILES string of the molecule is Cc1ccc(C)c(OCCN2C(=O)S/C(=C\c3ccccc3OCc3c(F)cccc3Cl)C2=O)c1. The molecule has 2 amide bonds. The Bertz CT molecular complexity index is 1290. The van der Waals surface area contributed by atoms with Crippen LogP contribution in [0.4, 0.5) is 9.18 Å². The number of aryl methyl sites for hydroxylation is 2. The van der Waals surface area contributed by atoms with E-state index in [1.165, 1.54) is 17.0 Å². The van der Waals surface area contributed by atoms with Gasteiger partial charge in [-0.25, -0.2) is 4.39 Å². The molecule has 1 saturated heterocycles. The van der Waals surface area contributed by atoms with Crippen LogP contribution in [0.1, 0.15) is 22.3 Å². The maximum Gasteiger partial charge on any atom is 0.293 e. The summed E-state index contributed by atoms with van der Waals surface area (Å²) in [4.78, 5) is 26.9. The number of rotatable bonds is 8. The minimum absolute atomic E-state index is 0.0758. The van der Waals surface area contributed by atoms with Gasteiger partial charge in [-0.2, -0.15) is 0 Å². The molecule has 0 unspecified atom stereocenters. The third-order valence-electron chi connectivity index (χ3n) is 5.43. The lowest BCUT2D eigenvalue weighted by molar-refractivity contribution is -0.123. The van der Waals surface area contributed by atoms with Gasteiger partial charge in [-0.1, -0.05) is 48.0 Å². The van der Waals surface area contributed by atoms with Crippen molar-refractivity contribution in [2.75, 3.05) is 13.2 Å². The largest absolute Gasteiger partial charge is 0.491 e. The van der Waals surface area contributed by atoms with Gasteiger partial charge < -0.3 is 9.47 Å². The number of hydrogen-bond acceptors (Lipinski definition) is 5. The molecular weight excluding hydrogens is 489 g/mol. The molecular formula is C27H23ClFNO4S. The van der Waals surface area contributed by atoms with Crippen LogP contribution in [0.25, 0.3) is 6.08 Å². The van der Waals surface area contributed by atoms with E-state index in [9.17, 15) is 14.0 Å². The molecule has 0 saturated carbocycles. The summed E-state index contributed by atoms with van der Waals surface area (Å²) < 4.78 is 25.7. The van der Waals surface area contributed by atoms with Crippen LogP contribution < -0.4 is 9.47 Å². The highest BCUT2D eigenvalue weighted by Crippen LogP contribution is 2.34. The van der Waals surface area contributed by atoms with Gasteiger partial charge in [0.25, 0.3) is 11.1 Å². The number of hydrogen-bond donors (Lipinski definition) is 0. The van der Waals surface area contributed by atoms with Crippen molar-refractivity contribution in [1.82, 2.24) is 4.90 Å². The lowest BCUT2D eigenvalue weighted by Gasteiger charge is -2.14. The fourth-order valence-electron chi connectivity index (χ4n) is 3.50. The van der Waals surface area contributed by atoms with E-state index in [-0.39, 0.29) is 40.5 Å². The summed E-state index contributed by atoms with van der Waals surface area (Å²) in [5.41, 5.74) is 2.89. The van der Waals surface area contributed by atoms with Gasteiger partial charge in [-0.15, -0.1) is 0 Å². The van der Waals surface area contributed by atoms with Crippen LogP contribution in [-0.2, 0) is 11.4 Å². The molecule has 0 aromatic heterocycles. The summed E-state index contributed by atoms with van der Waals surface area (Å²) in [7, 11) is 0. The van der Waals surface area contributed by atoms with Crippen molar-refractivity contribution in [3.05, 3.63) is 98.7 Å². The van der Waals surface area contributed by atoms with Gasteiger partial charge in [0.1, 0.15) is 30.5 Å². The summed E-state index contributed by atoms with van der Waals surface area (Å²) in [6.45, 7) is 4.17. The molecule has 1 aliphatic rings. The van der Waals surface area contributed by atoms with Crippen LogP contribution in [0.15, 0.2) is 65.6 Å². The van der Waals surface area contributed by atoms with Crippen LogP contribution in [0.2, 0.25) is 5.02 Å². The normalized spacial score (nSPS) is 14.6. The van der Waals surface area contributed by atoms with Crippen molar-refractivity contribution >= 4 is 40.6 Å². The first kappa shape index (κ1) is 24.8. The molecule has 0 radical (unpaired) electrons. The molecule has 0 N–H and O–H groups in total. The van der Waals surface area contributed by atoms with E-state index in [4.69, 9.17) is 21.1 Å². The number of para-hydroxylation sites is 1. The predicted molar refractivity (Wildman–Crippen MR) is 136 cm³/mol. The van der Waals surface area contributed by atoms with Crippen LogP contribution in [-0.4, -0.2) is 29.2 Å². The second kappa shape index (κ2) is 11.0. The van der Waals surface area contributed by atoms with E-state index < -0.39 is 11.7 Å². The maximum absolute atomic E-state index is 14.1. The molecule has 8 heteroatoms. The quantitative estimate of drug-likeness (QED) is 0.312. The highest BCUT2D eigenvalue weighted by Gasteiger charge is 2.35. The molecule has 180 valence electrons. The first-order chi connectivity index (χ1) is 16.8. The minimum Gasteiger partial charge on any atom is -0.491 e. The molecule has 1 heterocycles. The number of halogens is 2. The average Bonchev–Trinajstić information content (AvgIpc) is 3.09. The monoisotopic (exact) mass is 511 g/mol. The first-order valence-corrected chi connectivity index (χ1v) is 12.1. The number of carbonyl (C=O) groups is 2. The van der Waals surface area contributed by atoms with E-state index in [0.717, 1.165) is 28.6 Å². The lowest BCUT2D eigenvalue weighted by atomic mass is 10.1. The van der Waals surface area contributed by atoms with Crippen molar-refractivity contribution in [3.8, 4) is 11.5 Å². The van der Waals surface area contributed by atoms with Gasteiger partial charge in [0, 0.05) is 11.1 Å². The smallest absolute Gasteiger partial charge is 0.293 e. The number of ether oxygens (including phenoxy) is 2. The molecule has 0 atom stereocenters. The zero-order valence-corrected chi connectivity index (χ0v) is 20.8. The Kier molecular flexibility index (Phi) is 7.78. The molecule has 0 spiro atoms. The first-order valence-electron chi connectivity index (χ1n) is 10.9. The van der Waals surface area contributed by atoms with Crippen molar-refractivity contribution in [2.45, 2.75) is 20.5 Å². The van der Waals surface area contributed by atoms with E-state index >= 15 is 0 Å². The Morgan fingerprint density at radius 1 is 1.00 bits per heavy atom. The van der Waals surface area contributed by atoms with Gasteiger partial charge in [0.05, 0.1) is 16.5 Å². The summed E-state index contributed by atoms with van der Waals surface area (Å²) in [6.07, 6.45) is 1.61. The van der Waals surface area contributed by atoms with E-state index in [0.29, 0.717) is 11.3 Å². The Morgan fingerprint density at radius 2 is 1.80 bits per heavy atom. The fourth-order valence-corrected chi connectivity index (χ4v) is 4.57. The lowest BCUT2D eigenvalue weighted by Crippen LogP contribution is -2.32. The van der Waals surface area contributed by atoms with Crippen LogP contribution in [0.5, 0.6) is 11.5 Å². The second-order valence-corrected chi connectivity index (χ2v) is 9.38. The van der Waals surface area contributed by atoms with Crippen LogP contribution in [0.3, 0.4) is 0 Å². The molecule has 35 heavy (non-hydrogen) atoms. The van der Waals surface area contributed by atoms with Gasteiger partial charge in [-0.3, -0.25) is 14.5 Å². The third-order valence-corrected chi connectivity index (χ3v) is 6.69. The Morgan fingerprint density at radius 3 is 2.60 bits per heavy atom. The zero-order valence-electron chi connectivity index (χ0n) is 19.2. The number of thioether (sulfide) groups is 1. The average molecular weight is 512 g/mol. The van der Waals surface area contributed by atoms with Crippen LogP contribution in [0, 0.1) is 19.7 Å². The number of imide groups is 1. The maximum atomic E-state index is 14.1. The highest BCUT2D eigenvalue weighted by molar-refractivity contribution is 8.18. The summed E-state index contributed by atoms with van der Waals surface area (Å²) in [5.74, 6) is 0.320. The molecule has 4 rings (SSSR count). The van der Waals surface area contributed by atoms with Crippen LogP contribution >= 0.6 is 23.4 Å². The van der Waals surface area contributed by atoms with E-state index in [1.807, 2.05) is 32.0 Å². The summed E-state index contributed by atoms with van der Waals surface area (Å²) in [6, 6.07) is 17.4. The van der Waals surface area contributed by atoms with Gasteiger partial charge in [0.2, 0.25) is 0 Å². The molecule has 0 aliphatic carbocycles. The summed E-state index contributed by atoms with van der Waals surface area (Å²) >= 11 is 6.95. The molecule has 1 aliphatic heterocycles. The van der Waals surface area contributed by atoms with Crippen molar-refractivity contribution in [1.29, 1.82) is 0 Å². The summed E-state index contributed by atoms with van der Waals surface area (Å²) in [5, 5.41) is -0.0889. The topological polar surface area (TPSA) is 55.8 Å². The number of nitrogens with zero attached hydrogens (tertiary/aromatic N) is 1. The van der Waals surface area contributed by atoms with E-state index in [1.54, 1.807) is 36.4 Å². The Labute approximate surface area is 212 Å². The third kappa shape index (κ3) is 5.86. The van der Waals surface area contributed by atoms with Gasteiger partial charge in [0.15, 0.2) is 0 Å². The zero-order chi connectivity index (χ0) is 24.9. The number of benzene rings is 3. The minimum atomic E-state index is -0.459. The molecule has 5 nitrogen and oxygen atoms in total. The van der Waals surface area contributed by atoms with Crippen molar-refractivity contribution < 1.29 is 23.5 Å². The molecule has 3 aromatic rings. The van der Waals surface area contributed by atoms with E-state index in [2.05, 4.69) is 0 Å². The highest BCUT2D eigenvalue weighted by atomic mass is 35.5. The fraction of sp³-hybridized carbons (Fsp3) is 0.185. The number of amides is 2. The standard InChI is InChI=1S/C27H23ClFNO4S/c1-17-10-11-18(2)24(14-17)33-13-12-30-26(31)25(35-27(30)32)15-19-6-3-4-9-23(19)34-16-20-21(28)7-5-8-22(20)29/h3-11,14-15H,12-13,16H2,1-2H3/b25-15-.